The zero-order valence-corrected chi connectivity index (χ0v) is 25.8. The summed E-state index contributed by atoms with van der Waals surface area (Å²) in [6.07, 6.45) is 1.92. The highest BCUT2D eigenvalue weighted by molar-refractivity contribution is 6.38. The number of aromatic nitrogens is 4. The normalized spacial score (nSPS) is 12.2. The lowest BCUT2D eigenvalue weighted by atomic mass is 9.98. The second kappa shape index (κ2) is 9.50. The first-order chi connectivity index (χ1) is 23.8. The molecule has 0 aliphatic heterocycles. The molecule has 3 heterocycles. The van der Waals surface area contributed by atoms with Gasteiger partial charge in [0.05, 0.1) is 34.0 Å². The molecular formula is C44H26N4. The van der Waals surface area contributed by atoms with Crippen molar-refractivity contribution in [1.82, 2.24) is 19.1 Å². The summed E-state index contributed by atoms with van der Waals surface area (Å²) in [5, 5.41) is 7.66. The SMILES string of the molecule is c1ccc(-c2cnc(-n3c4cccc5c4c4c6c(ccc7c6c6c-5cccc6n7-c5ccccc5)ccc43)c(-c3ccccc3)n2)cc1. The lowest BCUT2D eigenvalue weighted by molar-refractivity contribution is 1.05. The van der Waals surface area contributed by atoms with Crippen molar-refractivity contribution in [1.29, 1.82) is 0 Å². The molecule has 48 heavy (non-hydrogen) atoms. The van der Waals surface area contributed by atoms with Crippen molar-refractivity contribution in [3.8, 4) is 45.1 Å². The first-order valence-corrected chi connectivity index (χ1v) is 16.4. The Labute approximate surface area is 275 Å². The van der Waals surface area contributed by atoms with Crippen LogP contribution in [0, 0.1) is 0 Å². The predicted molar refractivity (Wildman–Crippen MR) is 198 cm³/mol. The van der Waals surface area contributed by atoms with Gasteiger partial charge in [-0.05, 0) is 52.9 Å². The zero-order valence-electron chi connectivity index (χ0n) is 25.8. The molecule has 0 bridgehead atoms. The molecule has 3 aromatic heterocycles. The van der Waals surface area contributed by atoms with Gasteiger partial charge in [-0.1, -0.05) is 115 Å². The highest BCUT2D eigenvalue weighted by Crippen LogP contribution is 2.51. The molecule has 0 unspecified atom stereocenters. The number of hydrogen-bond acceptors (Lipinski definition) is 2. The molecule has 0 fully saturated rings. The molecule has 4 nitrogen and oxygen atoms in total. The topological polar surface area (TPSA) is 35.6 Å². The first-order valence-electron chi connectivity index (χ1n) is 16.4. The molecular weight excluding hydrogens is 585 g/mol. The molecule has 222 valence electrons. The van der Waals surface area contributed by atoms with Gasteiger partial charge < -0.3 is 4.57 Å². The van der Waals surface area contributed by atoms with Gasteiger partial charge in [-0.3, -0.25) is 4.57 Å². The van der Waals surface area contributed by atoms with Crippen LogP contribution in [-0.4, -0.2) is 19.1 Å². The van der Waals surface area contributed by atoms with E-state index in [1.54, 1.807) is 0 Å². The minimum absolute atomic E-state index is 0.824. The number of benzene rings is 7. The van der Waals surface area contributed by atoms with Gasteiger partial charge in [-0.15, -0.1) is 0 Å². The molecule has 11 rings (SSSR count). The minimum atomic E-state index is 0.824. The average molecular weight is 611 g/mol. The Bertz CT molecular complexity index is 2920. The standard InChI is InChI=1S/C44H26N4/c1-4-12-27(13-5-1)33-26-45-44(43(46-33)29-14-6-2-7-15-29)48-35-21-11-19-32-31-18-10-20-34-39(31)41-36(47(34)30-16-8-3-9-17-30)24-22-28-23-25-37(48)42(38(28)41)40(32)35/h1-26H. The minimum Gasteiger partial charge on any atom is -0.309 e. The summed E-state index contributed by atoms with van der Waals surface area (Å²) in [6, 6.07) is 54.1. The summed E-state index contributed by atoms with van der Waals surface area (Å²) in [6.45, 7) is 0. The van der Waals surface area contributed by atoms with Gasteiger partial charge in [0.25, 0.3) is 0 Å². The molecule has 1 aliphatic carbocycles. The maximum atomic E-state index is 5.31. The van der Waals surface area contributed by atoms with Crippen molar-refractivity contribution >= 4 is 54.4 Å². The zero-order chi connectivity index (χ0) is 31.3. The van der Waals surface area contributed by atoms with Crippen molar-refractivity contribution in [2.45, 2.75) is 0 Å². The predicted octanol–water partition coefficient (Wildman–Crippen LogP) is 11.1. The molecule has 4 heteroatoms. The maximum Gasteiger partial charge on any atom is 0.164 e. The molecule has 0 N–H and O–H groups in total. The Balaban J connectivity index is 1.32. The molecule has 1 aliphatic rings. The maximum absolute atomic E-state index is 5.31. The summed E-state index contributed by atoms with van der Waals surface area (Å²) in [7, 11) is 0. The lowest BCUT2D eigenvalue weighted by Gasteiger charge is -2.14. The number of hydrogen-bond donors (Lipinski definition) is 0. The third-order valence-corrected chi connectivity index (χ3v) is 10.1. The van der Waals surface area contributed by atoms with Crippen LogP contribution < -0.4 is 0 Å². The van der Waals surface area contributed by atoms with Crippen molar-refractivity contribution in [2.75, 3.05) is 0 Å². The largest absolute Gasteiger partial charge is 0.309 e. The van der Waals surface area contributed by atoms with E-state index in [1.165, 1.54) is 60.2 Å². The second-order valence-corrected chi connectivity index (χ2v) is 12.6. The monoisotopic (exact) mass is 610 g/mol. The highest BCUT2D eigenvalue weighted by atomic mass is 15.1. The molecule has 0 amide bonds. The third-order valence-electron chi connectivity index (χ3n) is 10.1. The van der Waals surface area contributed by atoms with Crippen LogP contribution in [0.15, 0.2) is 158 Å². The van der Waals surface area contributed by atoms with Gasteiger partial charge in [-0.2, -0.15) is 0 Å². The third kappa shape index (κ3) is 3.33. The second-order valence-electron chi connectivity index (χ2n) is 12.6. The van der Waals surface area contributed by atoms with Crippen molar-refractivity contribution in [3.05, 3.63) is 158 Å². The van der Waals surface area contributed by atoms with Gasteiger partial charge in [0.1, 0.15) is 5.69 Å². The molecule has 0 saturated heterocycles. The summed E-state index contributed by atoms with van der Waals surface area (Å²) < 4.78 is 4.77. The molecule has 0 atom stereocenters. The molecule has 7 aromatic carbocycles. The van der Waals surface area contributed by atoms with Crippen molar-refractivity contribution in [2.24, 2.45) is 0 Å². The number of nitrogens with zero attached hydrogens (tertiary/aromatic N) is 4. The van der Waals surface area contributed by atoms with E-state index >= 15 is 0 Å². The van der Waals surface area contributed by atoms with Crippen LogP contribution in [0.1, 0.15) is 0 Å². The van der Waals surface area contributed by atoms with E-state index in [2.05, 4.69) is 137 Å². The van der Waals surface area contributed by atoms with Gasteiger partial charge in [-0.25, -0.2) is 9.97 Å². The van der Waals surface area contributed by atoms with Crippen LogP contribution in [0.3, 0.4) is 0 Å². The molecule has 10 aromatic rings. The fourth-order valence-electron chi connectivity index (χ4n) is 8.13. The summed E-state index contributed by atoms with van der Waals surface area (Å²) in [4.78, 5) is 10.6. The van der Waals surface area contributed by atoms with Crippen LogP contribution in [0.25, 0.3) is 99.5 Å². The van der Waals surface area contributed by atoms with Crippen LogP contribution >= 0.6 is 0 Å². The van der Waals surface area contributed by atoms with E-state index in [4.69, 9.17) is 9.97 Å². The Morgan fingerprint density at radius 1 is 0.396 bits per heavy atom. The van der Waals surface area contributed by atoms with Crippen molar-refractivity contribution < 1.29 is 0 Å². The van der Waals surface area contributed by atoms with Crippen LogP contribution in [0.4, 0.5) is 0 Å². The lowest BCUT2D eigenvalue weighted by Crippen LogP contribution is -2.04. The van der Waals surface area contributed by atoms with Crippen LogP contribution in [-0.2, 0) is 0 Å². The highest BCUT2D eigenvalue weighted by Gasteiger charge is 2.28. The van der Waals surface area contributed by atoms with Crippen LogP contribution in [0.2, 0.25) is 0 Å². The van der Waals surface area contributed by atoms with Crippen LogP contribution in [0.5, 0.6) is 0 Å². The van der Waals surface area contributed by atoms with E-state index in [0.29, 0.717) is 0 Å². The molecule has 0 saturated carbocycles. The van der Waals surface area contributed by atoms with E-state index in [9.17, 15) is 0 Å². The summed E-state index contributed by atoms with van der Waals surface area (Å²) >= 11 is 0. The Morgan fingerprint density at radius 2 is 0.938 bits per heavy atom. The molecule has 0 radical (unpaired) electrons. The fourth-order valence-corrected chi connectivity index (χ4v) is 8.13. The summed E-state index contributed by atoms with van der Waals surface area (Å²) in [5.41, 5.74) is 12.2. The summed E-state index contributed by atoms with van der Waals surface area (Å²) in [5.74, 6) is 0.824. The number of para-hydroxylation sites is 1. The number of fused-ring (bicyclic) bond motifs is 1. The van der Waals surface area contributed by atoms with Gasteiger partial charge >= 0.3 is 0 Å². The van der Waals surface area contributed by atoms with E-state index in [-0.39, 0.29) is 0 Å². The fraction of sp³-hybridized carbons (Fsp3) is 0. The van der Waals surface area contributed by atoms with Gasteiger partial charge in [0.2, 0.25) is 0 Å². The van der Waals surface area contributed by atoms with Crippen molar-refractivity contribution in [3.63, 3.8) is 0 Å². The Hall–Kier alpha value is -6.52. The van der Waals surface area contributed by atoms with E-state index in [1.807, 2.05) is 30.5 Å². The average Bonchev–Trinajstić information content (AvgIpc) is 3.64. The van der Waals surface area contributed by atoms with E-state index in [0.717, 1.165) is 39.4 Å². The Morgan fingerprint density at radius 3 is 1.58 bits per heavy atom. The number of rotatable bonds is 4. The first kappa shape index (κ1) is 25.6. The Kier molecular flexibility index (Phi) is 5.08. The van der Waals surface area contributed by atoms with Gasteiger partial charge in [0.15, 0.2) is 5.82 Å². The van der Waals surface area contributed by atoms with E-state index < -0.39 is 0 Å². The molecule has 0 spiro atoms. The van der Waals surface area contributed by atoms with Gasteiger partial charge in [0, 0.05) is 43.7 Å². The smallest absolute Gasteiger partial charge is 0.164 e. The quantitative estimate of drug-likeness (QED) is 0.199.